The van der Waals surface area contributed by atoms with E-state index in [1.807, 2.05) is 121 Å². The van der Waals surface area contributed by atoms with Crippen LogP contribution in [0, 0.1) is 17.3 Å². The summed E-state index contributed by atoms with van der Waals surface area (Å²) >= 11 is 0. The molecule has 1 saturated carbocycles. The van der Waals surface area contributed by atoms with Crippen molar-refractivity contribution in [2.24, 2.45) is 17.3 Å². The summed E-state index contributed by atoms with van der Waals surface area (Å²) in [5, 5.41) is 6.58. The molecule has 1 aliphatic carbocycles. The van der Waals surface area contributed by atoms with Gasteiger partial charge >= 0.3 is 0 Å². The molecule has 1 fully saturated rings. The first kappa shape index (κ1) is 26.4. The number of hydrogen-bond acceptors (Lipinski definition) is 2. The third kappa shape index (κ3) is 5.96. The van der Waals surface area contributed by atoms with Crippen molar-refractivity contribution in [1.82, 2.24) is 10.6 Å². The molecule has 4 aromatic carbocycles. The van der Waals surface area contributed by atoms with Gasteiger partial charge in [0, 0.05) is 12.3 Å². The third-order valence-corrected chi connectivity index (χ3v) is 8.34. The largest absolute Gasteiger partial charge is 0.345 e. The van der Waals surface area contributed by atoms with Gasteiger partial charge in [-0.25, -0.2) is 0 Å². The third-order valence-electron chi connectivity index (χ3n) is 8.34. The standard InChI is InChI=1S/C35H36N2O2/c1-35(2)29(24-31(38)36-32(25-15-7-3-8-16-25)26-17-9-4-10-18-26)23-30(35)34(39)37-33(27-19-11-5-12-20-27)28-21-13-6-14-22-28/h3-22,29-30,32-33H,23-24H2,1-2H3,(H,36,38)(H,37,39). The molecule has 0 spiro atoms. The maximum absolute atomic E-state index is 13.6. The van der Waals surface area contributed by atoms with Crippen molar-refractivity contribution >= 4 is 11.8 Å². The van der Waals surface area contributed by atoms with Gasteiger partial charge in [-0.05, 0) is 40.0 Å². The van der Waals surface area contributed by atoms with Gasteiger partial charge in [0.2, 0.25) is 11.8 Å². The Hall–Kier alpha value is -4.18. The van der Waals surface area contributed by atoms with Crippen molar-refractivity contribution in [3.63, 3.8) is 0 Å². The van der Waals surface area contributed by atoms with Gasteiger partial charge in [-0.2, -0.15) is 0 Å². The lowest BCUT2D eigenvalue weighted by Gasteiger charge is -2.51. The van der Waals surface area contributed by atoms with Crippen LogP contribution in [0.25, 0.3) is 0 Å². The summed E-state index contributed by atoms with van der Waals surface area (Å²) in [5.41, 5.74) is 3.93. The Balaban J connectivity index is 1.25. The van der Waals surface area contributed by atoms with E-state index >= 15 is 0 Å². The summed E-state index contributed by atoms with van der Waals surface area (Å²) in [6.45, 7) is 4.23. The van der Waals surface area contributed by atoms with Crippen LogP contribution in [0.15, 0.2) is 121 Å². The number of hydrogen-bond donors (Lipinski definition) is 2. The predicted octanol–water partition coefficient (Wildman–Crippen LogP) is 6.85. The van der Waals surface area contributed by atoms with Crippen molar-refractivity contribution < 1.29 is 9.59 Å². The highest BCUT2D eigenvalue weighted by atomic mass is 16.2. The van der Waals surface area contributed by atoms with Crippen LogP contribution in [0.1, 0.15) is 61.0 Å². The summed E-state index contributed by atoms with van der Waals surface area (Å²) in [5.74, 6) is 0.0357. The lowest BCUT2D eigenvalue weighted by molar-refractivity contribution is -0.145. The molecule has 4 heteroatoms. The summed E-state index contributed by atoms with van der Waals surface area (Å²) in [6, 6.07) is 39.8. The van der Waals surface area contributed by atoms with Crippen LogP contribution in [0.4, 0.5) is 0 Å². The van der Waals surface area contributed by atoms with Crippen LogP contribution < -0.4 is 10.6 Å². The maximum Gasteiger partial charge on any atom is 0.224 e. The quantitative estimate of drug-likeness (QED) is 0.256. The van der Waals surface area contributed by atoms with Crippen molar-refractivity contribution in [3.8, 4) is 0 Å². The molecule has 0 radical (unpaired) electrons. The zero-order valence-corrected chi connectivity index (χ0v) is 22.6. The highest BCUT2D eigenvalue weighted by molar-refractivity contribution is 5.83. The molecule has 2 N–H and O–H groups in total. The fraction of sp³-hybridized carbons (Fsp3) is 0.257. The van der Waals surface area contributed by atoms with Crippen LogP contribution in [-0.2, 0) is 9.59 Å². The molecule has 0 saturated heterocycles. The molecule has 4 aromatic rings. The summed E-state index contributed by atoms with van der Waals surface area (Å²) in [7, 11) is 0. The van der Waals surface area contributed by atoms with E-state index in [1.54, 1.807) is 0 Å². The van der Waals surface area contributed by atoms with Crippen molar-refractivity contribution in [3.05, 3.63) is 144 Å². The van der Waals surface area contributed by atoms with Crippen molar-refractivity contribution in [1.29, 1.82) is 0 Å². The topological polar surface area (TPSA) is 58.2 Å². The van der Waals surface area contributed by atoms with Gasteiger partial charge in [-0.15, -0.1) is 0 Å². The van der Waals surface area contributed by atoms with E-state index in [9.17, 15) is 9.59 Å². The number of benzene rings is 4. The van der Waals surface area contributed by atoms with Gasteiger partial charge in [0.15, 0.2) is 0 Å². The van der Waals surface area contributed by atoms with Crippen molar-refractivity contribution in [2.45, 2.75) is 38.8 Å². The van der Waals surface area contributed by atoms with Crippen LogP contribution >= 0.6 is 0 Å². The smallest absolute Gasteiger partial charge is 0.224 e. The van der Waals surface area contributed by atoms with Crippen LogP contribution in [-0.4, -0.2) is 11.8 Å². The minimum Gasteiger partial charge on any atom is -0.345 e. The van der Waals surface area contributed by atoms with Gasteiger partial charge in [-0.3, -0.25) is 9.59 Å². The van der Waals surface area contributed by atoms with Gasteiger partial charge < -0.3 is 10.6 Å². The lowest BCUT2D eigenvalue weighted by atomic mass is 9.53. The molecule has 39 heavy (non-hydrogen) atoms. The highest BCUT2D eigenvalue weighted by Gasteiger charge is 2.52. The molecule has 0 aliphatic heterocycles. The Morgan fingerprint density at radius 2 is 1.00 bits per heavy atom. The number of carbonyl (C=O) groups excluding carboxylic acids is 2. The Morgan fingerprint density at radius 1 is 0.641 bits per heavy atom. The van der Waals surface area contributed by atoms with Gasteiger partial charge in [0.25, 0.3) is 0 Å². The SMILES string of the molecule is CC1(C)C(CC(=O)NC(c2ccccc2)c2ccccc2)CC1C(=O)NC(c1ccccc1)c1ccccc1. The molecule has 2 amide bonds. The van der Waals surface area contributed by atoms with Gasteiger partial charge in [0.05, 0.1) is 12.1 Å². The zero-order chi connectivity index (χ0) is 27.2. The summed E-state index contributed by atoms with van der Waals surface area (Å²) in [6.07, 6.45) is 1.09. The molecule has 0 aromatic heterocycles. The zero-order valence-electron chi connectivity index (χ0n) is 22.6. The first-order valence-corrected chi connectivity index (χ1v) is 13.7. The normalized spacial score (nSPS) is 17.8. The van der Waals surface area contributed by atoms with E-state index in [-0.39, 0.29) is 41.1 Å². The monoisotopic (exact) mass is 516 g/mol. The summed E-state index contributed by atoms with van der Waals surface area (Å²) < 4.78 is 0. The fourth-order valence-corrected chi connectivity index (χ4v) is 5.79. The number of nitrogens with one attached hydrogen (secondary N) is 2. The average Bonchev–Trinajstić information content (AvgIpc) is 2.98. The van der Waals surface area contributed by atoms with E-state index < -0.39 is 0 Å². The molecule has 5 rings (SSSR count). The molecule has 2 atom stereocenters. The minimum atomic E-state index is -0.283. The average molecular weight is 517 g/mol. The van der Waals surface area contributed by atoms with Gasteiger partial charge in [0.1, 0.15) is 0 Å². The van der Waals surface area contributed by atoms with Gasteiger partial charge in [-0.1, -0.05) is 135 Å². The molecular weight excluding hydrogens is 480 g/mol. The predicted molar refractivity (Wildman–Crippen MR) is 156 cm³/mol. The fourth-order valence-electron chi connectivity index (χ4n) is 5.79. The molecule has 0 heterocycles. The number of carbonyl (C=O) groups is 2. The molecule has 0 bridgehead atoms. The van der Waals surface area contributed by atoms with E-state index in [0.29, 0.717) is 12.8 Å². The Labute approximate surface area is 231 Å². The highest BCUT2D eigenvalue weighted by Crippen LogP contribution is 2.53. The molecular formula is C35H36N2O2. The van der Waals surface area contributed by atoms with E-state index in [4.69, 9.17) is 0 Å². The number of rotatable bonds is 9. The van der Waals surface area contributed by atoms with E-state index in [0.717, 1.165) is 22.3 Å². The maximum atomic E-state index is 13.6. The Kier molecular flexibility index (Phi) is 7.92. The van der Waals surface area contributed by atoms with Crippen LogP contribution in [0.3, 0.4) is 0 Å². The van der Waals surface area contributed by atoms with Crippen LogP contribution in [0.2, 0.25) is 0 Å². The Bertz CT molecular complexity index is 1290. The first-order chi connectivity index (χ1) is 18.9. The number of amides is 2. The second-order valence-electron chi connectivity index (χ2n) is 11.1. The molecule has 2 unspecified atom stereocenters. The molecule has 198 valence electrons. The second-order valence-corrected chi connectivity index (χ2v) is 11.1. The minimum absolute atomic E-state index is 0.0103. The van der Waals surface area contributed by atoms with Crippen LogP contribution in [0.5, 0.6) is 0 Å². The Morgan fingerprint density at radius 3 is 1.36 bits per heavy atom. The van der Waals surface area contributed by atoms with E-state index in [1.165, 1.54) is 0 Å². The first-order valence-electron chi connectivity index (χ1n) is 13.7. The summed E-state index contributed by atoms with van der Waals surface area (Å²) in [4.78, 5) is 26.9. The second kappa shape index (κ2) is 11.7. The van der Waals surface area contributed by atoms with Crippen molar-refractivity contribution in [2.75, 3.05) is 0 Å². The van der Waals surface area contributed by atoms with E-state index in [2.05, 4.69) is 24.5 Å². The lowest BCUT2D eigenvalue weighted by Crippen LogP contribution is -2.54. The molecule has 4 nitrogen and oxygen atoms in total. The molecule has 1 aliphatic rings.